The van der Waals surface area contributed by atoms with Crippen molar-refractivity contribution in [3.63, 3.8) is 0 Å². The molecule has 1 saturated heterocycles. The highest BCUT2D eigenvalue weighted by Gasteiger charge is 2.50. The van der Waals surface area contributed by atoms with Crippen molar-refractivity contribution in [2.45, 2.75) is 25.3 Å². The summed E-state index contributed by atoms with van der Waals surface area (Å²) in [6.07, 6.45) is 3.46. The minimum Gasteiger partial charge on any atom is -0.340 e. The number of carbonyl (C=O) groups is 2. The number of nitrogens with two attached hydrogens (primary N) is 1. The van der Waals surface area contributed by atoms with E-state index in [2.05, 4.69) is 10.2 Å². The summed E-state index contributed by atoms with van der Waals surface area (Å²) in [5.74, 6) is 1.18. The fourth-order valence-electron chi connectivity index (χ4n) is 4.99. The second-order valence-corrected chi connectivity index (χ2v) is 8.47. The number of nitrogens with one attached hydrogen (secondary N) is 1. The topological polar surface area (TPSA) is 78.7 Å². The van der Waals surface area contributed by atoms with Crippen LogP contribution < -0.4 is 11.1 Å². The van der Waals surface area contributed by atoms with Gasteiger partial charge in [-0.2, -0.15) is 0 Å². The Morgan fingerprint density at radius 1 is 1.07 bits per heavy atom. The molecule has 3 fully saturated rings. The Hall–Kier alpha value is -1.05. The Bertz CT molecular complexity index is 725. The van der Waals surface area contributed by atoms with Crippen molar-refractivity contribution in [3.05, 3.63) is 29.3 Å². The van der Waals surface area contributed by atoms with E-state index >= 15 is 0 Å². The van der Waals surface area contributed by atoms with Gasteiger partial charge in [0.1, 0.15) is 0 Å². The Morgan fingerprint density at radius 2 is 1.72 bits per heavy atom. The molecule has 162 valence electrons. The third-order valence-electron chi connectivity index (χ3n) is 6.46. The first-order valence-electron chi connectivity index (χ1n) is 9.84. The Morgan fingerprint density at radius 3 is 2.34 bits per heavy atom. The van der Waals surface area contributed by atoms with Crippen LogP contribution in [0.15, 0.2) is 24.3 Å². The van der Waals surface area contributed by atoms with E-state index in [1.54, 1.807) is 12.1 Å². The molecule has 3 N–H and O–H groups in total. The zero-order valence-corrected chi connectivity index (χ0v) is 18.6. The standard InChI is InChI=1S/C20H27ClN4O2.2ClH/c21-15-3-1-2-4-16(15)23-17(26)12-24-7-9-25(10-8-24)20(27)18-13-5-6-14(11-13)19(18)22;;/h1-4,13-14,18-19H,5-12,22H2,(H,23,26);2*1H. The lowest BCUT2D eigenvalue weighted by atomic mass is 9.84. The van der Waals surface area contributed by atoms with Crippen molar-refractivity contribution >= 4 is 53.9 Å². The maximum absolute atomic E-state index is 12.9. The van der Waals surface area contributed by atoms with Crippen LogP contribution >= 0.6 is 36.4 Å². The molecule has 4 rings (SSSR count). The molecular weight excluding hydrogens is 435 g/mol. The van der Waals surface area contributed by atoms with E-state index in [-0.39, 0.29) is 48.6 Å². The van der Waals surface area contributed by atoms with Crippen LogP contribution in [0.1, 0.15) is 19.3 Å². The van der Waals surface area contributed by atoms with E-state index in [0.29, 0.717) is 55.3 Å². The molecule has 29 heavy (non-hydrogen) atoms. The molecule has 2 bridgehead atoms. The smallest absolute Gasteiger partial charge is 0.238 e. The molecule has 1 heterocycles. The van der Waals surface area contributed by atoms with Crippen molar-refractivity contribution in [2.24, 2.45) is 23.5 Å². The number of amides is 2. The fourth-order valence-corrected chi connectivity index (χ4v) is 5.18. The van der Waals surface area contributed by atoms with E-state index in [1.807, 2.05) is 17.0 Å². The van der Waals surface area contributed by atoms with Gasteiger partial charge in [-0.05, 0) is 43.2 Å². The number of para-hydroxylation sites is 1. The van der Waals surface area contributed by atoms with Crippen LogP contribution in [-0.4, -0.2) is 60.4 Å². The lowest BCUT2D eigenvalue weighted by molar-refractivity contribution is -0.139. The lowest BCUT2D eigenvalue weighted by Crippen LogP contribution is -2.54. The predicted molar refractivity (Wildman–Crippen MR) is 120 cm³/mol. The normalized spacial score (nSPS) is 28.4. The number of rotatable bonds is 4. The van der Waals surface area contributed by atoms with Gasteiger partial charge in [-0.3, -0.25) is 14.5 Å². The SMILES string of the molecule is Cl.Cl.NC1C2CCC(C2)C1C(=O)N1CCN(CC(=O)Nc2ccccc2Cl)CC1. The van der Waals surface area contributed by atoms with Crippen molar-refractivity contribution < 1.29 is 9.59 Å². The van der Waals surface area contributed by atoms with Crippen LogP contribution in [0.25, 0.3) is 0 Å². The van der Waals surface area contributed by atoms with Gasteiger partial charge in [0.15, 0.2) is 0 Å². The number of nitrogens with zero attached hydrogens (tertiary/aromatic N) is 2. The average Bonchev–Trinajstić information content (AvgIpc) is 3.25. The summed E-state index contributed by atoms with van der Waals surface area (Å²) in [7, 11) is 0. The minimum absolute atomic E-state index is 0. The first-order valence-corrected chi connectivity index (χ1v) is 10.2. The number of carbonyl (C=O) groups excluding carboxylic acids is 2. The van der Waals surface area contributed by atoms with Crippen molar-refractivity contribution in [1.82, 2.24) is 9.80 Å². The second-order valence-electron chi connectivity index (χ2n) is 8.07. The third kappa shape index (κ3) is 5.17. The zero-order chi connectivity index (χ0) is 19.0. The number of anilines is 1. The molecule has 1 aromatic carbocycles. The Labute approximate surface area is 189 Å². The second kappa shape index (κ2) is 10.3. The van der Waals surface area contributed by atoms with Crippen LogP contribution in [0.2, 0.25) is 5.02 Å². The predicted octanol–water partition coefficient (Wildman–Crippen LogP) is 2.64. The van der Waals surface area contributed by atoms with Crippen LogP contribution in [-0.2, 0) is 9.59 Å². The van der Waals surface area contributed by atoms with E-state index in [0.717, 1.165) is 12.8 Å². The molecule has 0 aromatic heterocycles. The number of halogens is 3. The summed E-state index contributed by atoms with van der Waals surface area (Å²) >= 11 is 6.08. The van der Waals surface area contributed by atoms with E-state index in [1.165, 1.54) is 6.42 Å². The maximum Gasteiger partial charge on any atom is 0.238 e. The molecule has 0 radical (unpaired) electrons. The molecule has 2 amide bonds. The monoisotopic (exact) mass is 462 g/mol. The van der Waals surface area contributed by atoms with Gasteiger partial charge in [-0.15, -0.1) is 24.8 Å². The summed E-state index contributed by atoms with van der Waals surface area (Å²) in [5, 5.41) is 3.38. The molecule has 3 aliphatic rings. The molecule has 4 atom stereocenters. The first-order chi connectivity index (χ1) is 13.0. The van der Waals surface area contributed by atoms with Crippen molar-refractivity contribution in [3.8, 4) is 0 Å². The van der Waals surface area contributed by atoms with E-state index < -0.39 is 0 Å². The molecule has 4 unspecified atom stereocenters. The highest BCUT2D eigenvalue weighted by atomic mass is 35.5. The molecule has 1 aliphatic heterocycles. The fraction of sp³-hybridized carbons (Fsp3) is 0.600. The quantitative estimate of drug-likeness (QED) is 0.719. The van der Waals surface area contributed by atoms with Crippen LogP contribution in [0, 0.1) is 17.8 Å². The molecular formula is C20H29Cl3N4O2. The Kier molecular flexibility index (Phi) is 8.61. The van der Waals surface area contributed by atoms with Gasteiger partial charge >= 0.3 is 0 Å². The van der Waals surface area contributed by atoms with Gasteiger partial charge in [0.2, 0.25) is 11.8 Å². The molecule has 2 saturated carbocycles. The summed E-state index contributed by atoms with van der Waals surface area (Å²) in [6.45, 7) is 3.05. The summed E-state index contributed by atoms with van der Waals surface area (Å²) in [5.41, 5.74) is 6.96. The lowest BCUT2D eigenvalue weighted by Gasteiger charge is -2.38. The largest absolute Gasteiger partial charge is 0.340 e. The summed E-state index contributed by atoms with van der Waals surface area (Å²) < 4.78 is 0. The van der Waals surface area contributed by atoms with Gasteiger partial charge < -0.3 is 16.0 Å². The zero-order valence-electron chi connectivity index (χ0n) is 16.3. The van der Waals surface area contributed by atoms with E-state index in [9.17, 15) is 9.59 Å². The molecule has 2 aliphatic carbocycles. The highest BCUT2D eigenvalue weighted by Crippen LogP contribution is 2.48. The van der Waals surface area contributed by atoms with Crippen molar-refractivity contribution in [2.75, 3.05) is 38.0 Å². The molecule has 0 spiro atoms. The van der Waals surface area contributed by atoms with Gasteiger partial charge in [-0.1, -0.05) is 23.7 Å². The minimum atomic E-state index is -0.0852. The number of piperazine rings is 1. The number of hydrogen-bond acceptors (Lipinski definition) is 4. The van der Waals surface area contributed by atoms with Gasteiger partial charge in [0, 0.05) is 32.2 Å². The highest BCUT2D eigenvalue weighted by molar-refractivity contribution is 6.33. The summed E-state index contributed by atoms with van der Waals surface area (Å²) in [4.78, 5) is 29.3. The maximum atomic E-state index is 12.9. The molecule has 6 nitrogen and oxygen atoms in total. The average molecular weight is 464 g/mol. The molecule has 9 heteroatoms. The number of fused-ring (bicyclic) bond motifs is 2. The Balaban J connectivity index is 0.00000150. The van der Waals surface area contributed by atoms with Crippen molar-refractivity contribution in [1.29, 1.82) is 0 Å². The van der Waals surface area contributed by atoms with E-state index in [4.69, 9.17) is 17.3 Å². The molecule has 1 aromatic rings. The van der Waals surface area contributed by atoms with Gasteiger partial charge in [0.05, 0.1) is 23.2 Å². The third-order valence-corrected chi connectivity index (χ3v) is 6.79. The van der Waals surface area contributed by atoms with Crippen LogP contribution in [0.4, 0.5) is 5.69 Å². The number of benzene rings is 1. The summed E-state index contributed by atoms with van der Waals surface area (Å²) in [6, 6.07) is 7.25. The van der Waals surface area contributed by atoms with Gasteiger partial charge in [0.25, 0.3) is 0 Å². The number of hydrogen-bond donors (Lipinski definition) is 2. The van der Waals surface area contributed by atoms with Gasteiger partial charge in [-0.25, -0.2) is 0 Å². The van der Waals surface area contributed by atoms with Crippen LogP contribution in [0.3, 0.4) is 0 Å². The first kappa shape index (κ1) is 24.2. The van der Waals surface area contributed by atoms with Crippen LogP contribution in [0.5, 0.6) is 0 Å².